The monoisotopic (exact) mass is 430 g/mol. The van der Waals surface area contributed by atoms with Crippen LogP contribution in [0, 0.1) is 0 Å². The average Bonchev–Trinajstić information content (AvgIpc) is 3.22. The Bertz CT molecular complexity index is 1210. The molecule has 0 bridgehead atoms. The van der Waals surface area contributed by atoms with Crippen molar-refractivity contribution in [2.45, 2.75) is 6.36 Å². The van der Waals surface area contributed by atoms with Crippen LogP contribution in [0.1, 0.15) is 0 Å². The van der Waals surface area contributed by atoms with E-state index in [0.29, 0.717) is 34.5 Å². The number of halogens is 3. The molecule has 0 amide bonds. The predicted molar refractivity (Wildman–Crippen MR) is 108 cm³/mol. The summed E-state index contributed by atoms with van der Waals surface area (Å²) >= 11 is 0. The molecule has 4 rings (SSSR count). The summed E-state index contributed by atoms with van der Waals surface area (Å²) in [6.45, 7) is 0. The topological polar surface area (TPSA) is 69.9 Å². The van der Waals surface area contributed by atoms with E-state index >= 15 is 0 Å². The smallest absolute Gasteiger partial charge is 0.493 e. The van der Waals surface area contributed by atoms with Crippen LogP contribution in [-0.2, 0) is 0 Å². The normalized spacial score (nSPS) is 11.4. The molecule has 0 unspecified atom stereocenters. The molecule has 1 N–H and O–H groups in total. The van der Waals surface area contributed by atoms with Gasteiger partial charge >= 0.3 is 6.36 Å². The Morgan fingerprint density at radius 3 is 2.35 bits per heavy atom. The lowest BCUT2D eigenvalue weighted by Gasteiger charge is -2.13. The summed E-state index contributed by atoms with van der Waals surface area (Å²) < 4.78 is 53.3. The lowest BCUT2D eigenvalue weighted by Crippen LogP contribution is -2.17. The number of nitrogens with one attached hydrogen (secondary N) is 1. The van der Waals surface area contributed by atoms with Gasteiger partial charge in [0.05, 0.1) is 19.9 Å². The van der Waals surface area contributed by atoms with Gasteiger partial charge in [-0.15, -0.1) is 13.2 Å². The molecular formula is C21H17F3N4O3. The van der Waals surface area contributed by atoms with Gasteiger partial charge in [-0.05, 0) is 42.5 Å². The molecule has 0 saturated carbocycles. The van der Waals surface area contributed by atoms with Gasteiger partial charge in [-0.3, -0.25) is 4.40 Å². The molecule has 2 aromatic heterocycles. The Morgan fingerprint density at radius 1 is 0.935 bits per heavy atom. The first-order chi connectivity index (χ1) is 14.9. The number of nitrogens with zero attached hydrogens (tertiary/aromatic N) is 3. The van der Waals surface area contributed by atoms with E-state index in [2.05, 4.69) is 20.0 Å². The van der Waals surface area contributed by atoms with E-state index in [0.717, 1.165) is 5.56 Å². The number of anilines is 2. The number of rotatable bonds is 6. The summed E-state index contributed by atoms with van der Waals surface area (Å²) in [5, 5.41) is 3.10. The molecule has 0 atom stereocenters. The van der Waals surface area contributed by atoms with Gasteiger partial charge in [-0.25, -0.2) is 9.97 Å². The van der Waals surface area contributed by atoms with Crippen molar-refractivity contribution in [3.05, 3.63) is 60.9 Å². The number of benzene rings is 2. The number of ether oxygens (including phenoxy) is 3. The van der Waals surface area contributed by atoms with Gasteiger partial charge in [-0.1, -0.05) is 0 Å². The molecule has 2 aromatic carbocycles. The number of methoxy groups -OCH3 is 2. The van der Waals surface area contributed by atoms with Crippen LogP contribution in [0.25, 0.3) is 16.9 Å². The Balaban J connectivity index is 1.68. The van der Waals surface area contributed by atoms with Crippen molar-refractivity contribution in [1.29, 1.82) is 0 Å². The lowest BCUT2D eigenvalue weighted by molar-refractivity contribution is -0.274. The first-order valence-electron chi connectivity index (χ1n) is 9.05. The Hall–Kier alpha value is -3.95. The van der Waals surface area contributed by atoms with Crippen LogP contribution < -0.4 is 19.5 Å². The molecule has 0 spiro atoms. The quantitative estimate of drug-likeness (QED) is 0.461. The second kappa shape index (κ2) is 8.05. The fourth-order valence-corrected chi connectivity index (χ4v) is 3.02. The van der Waals surface area contributed by atoms with Gasteiger partial charge in [-0.2, -0.15) is 0 Å². The molecule has 0 aliphatic heterocycles. The Morgan fingerprint density at radius 2 is 1.68 bits per heavy atom. The summed E-state index contributed by atoms with van der Waals surface area (Å²) in [5.74, 6) is 1.27. The highest BCUT2D eigenvalue weighted by Gasteiger charge is 2.30. The van der Waals surface area contributed by atoms with Gasteiger partial charge in [0.1, 0.15) is 11.4 Å². The van der Waals surface area contributed by atoms with Crippen LogP contribution in [0.2, 0.25) is 0 Å². The van der Waals surface area contributed by atoms with Gasteiger partial charge in [0.2, 0.25) is 5.95 Å². The molecule has 0 aliphatic carbocycles. The molecule has 10 heteroatoms. The third-order valence-electron chi connectivity index (χ3n) is 4.41. The number of fused-ring (bicyclic) bond motifs is 1. The minimum absolute atomic E-state index is 0.308. The highest BCUT2D eigenvalue weighted by molar-refractivity contribution is 5.70. The maximum atomic E-state index is 12.4. The van der Waals surface area contributed by atoms with Crippen molar-refractivity contribution in [1.82, 2.24) is 14.4 Å². The maximum absolute atomic E-state index is 12.4. The summed E-state index contributed by atoms with van der Waals surface area (Å²) in [7, 11) is 3.10. The zero-order valence-electron chi connectivity index (χ0n) is 16.5. The summed E-state index contributed by atoms with van der Waals surface area (Å²) in [5.41, 5.74) is 2.57. The molecule has 4 aromatic rings. The lowest BCUT2D eigenvalue weighted by atomic mass is 10.1. The van der Waals surface area contributed by atoms with E-state index in [4.69, 9.17) is 9.47 Å². The highest BCUT2D eigenvalue weighted by atomic mass is 19.4. The van der Waals surface area contributed by atoms with Crippen LogP contribution in [-0.4, -0.2) is 35.0 Å². The second-order valence-electron chi connectivity index (χ2n) is 6.39. The van der Waals surface area contributed by atoms with E-state index in [1.807, 2.05) is 12.1 Å². The Labute approximate surface area is 175 Å². The van der Waals surface area contributed by atoms with Gasteiger partial charge in [0.15, 0.2) is 11.5 Å². The highest BCUT2D eigenvalue weighted by Crippen LogP contribution is 2.33. The number of hydrogen-bond acceptors (Lipinski definition) is 6. The maximum Gasteiger partial charge on any atom is 0.573 e. The first-order valence-corrected chi connectivity index (χ1v) is 9.05. The van der Waals surface area contributed by atoms with E-state index in [1.54, 1.807) is 43.1 Å². The third kappa shape index (κ3) is 4.47. The van der Waals surface area contributed by atoms with Crippen molar-refractivity contribution in [3.63, 3.8) is 0 Å². The van der Waals surface area contributed by atoms with Crippen LogP contribution in [0.15, 0.2) is 60.9 Å². The number of imidazole rings is 1. The van der Waals surface area contributed by atoms with Crippen molar-refractivity contribution >= 4 is 17.3 Å². The summed E-state index contributed by atoms with van der Waals surface area (Å²) in [6.07, 6.45) is -1.39. The van der Waals surface area contributed by atoms with Crippen molar-refractivity contribution in [3.8, 4) is 28.5 Å². The van der Waals surface area contributed by atoms with E-state index in [-0.39, 0.29) is 5.75 Å². The minimum atomic E-state index is -4.74. The number of aromatic nitrogens is 3. The molecule has 0 fully saturated rings. The molecule has 7 nitrogen and oxygen atoms in total. The molecule has 0 radical (unpaired) electrons. The molecule has 0 aliphatic rings. The largest absolute Gasteiger partial charge is 0.573 e. The number of hydrogen-bond donors (Lipinski definition) is 1. The molecule has 31 heavy (non-hydrogen) atoms. The zero-order valence-corrected chi connectivity index (χ0v) is 16.5. The SMILES string of the molecule is COc1ccc(-c2cc3nccn3c(Nc3ccc(OC(F)(F)F)cc3)n2)cc1OC. The van der Waals surface area contributed by atoms with Crippen LogP contribution >= 0.6 is 0 Å². The van der Waals surface area contributed by atoms with Gasteiger partial charge in [0.25, 0.3) is 0 Å². The van der Waals surface area contributed by atoms with Crippen LogP contribution in [0.5, 0.6) is 17.2 Å². The van der Waals surface area contributed by atoms with E-state index in [1.165, 1.54) is 24.3 Å². The van der Waals surface area contributed by atoms with Gasteiger partial charge in [0, 0.05) is 29.7 Å². The van der Waals surface area contributed by atoms with Gasteiger partial charge < -0.3 is 19.5 Å². The van der Waals surface area contributed by atoms with E-state index in [9.17, 15) is 13.2 Å². The fraction of sp³-hybridized carbons (Fsp3) is 0.143. The standard InChI is InChI=1S/C21H17F3N4O3/c1-29-17-8-3-13(11-18(17)30-2)16-12-19-25-9-10-28(19)20(27-16)26-14-4-6-15(7-5-14)31-21(22,23)24/h3-12H,1-2H3,(H,26,27). The fourth-order valence-electron chi connectivity index (χ4n) is 3.02. The molecule has 0 saturated heterocycles. The zero-order chi connectivity index (χ0) is 22.0. The molecule has 160 valence electrons. The minimum Gasteiger partial charge on any atom is -0.493 e. The second-order valence-corrected chi connectivity index (χ2v) is 6.39. The summed E-state index contributed by atoms with van der Waals surface area (Å²) in [4.78, 5) is 8.98. The third-order valence-corrected chi connectivity index (χ3v) is 4.41. The average molecular weight is 430 g/mol. The molecular weight excluding hydrogens is 413 g/mol. The Kier molecular flexibility index (Phi) is 5.28. The molecule has 2 heterocycles. The van der Waals surface area contributed by atoms with Crippen LogP contribution in [0.4, 0.5) is 24.8 Å². The first kappa shape index (κ1) is 20.3. The number of alkyl halides is 3. The van der Waals surface area contributed by atoms with Crippen LogP contribution in [0.3, 0.4) is 0 Å². The van der Waals surface area contributed by atoms with E-state index < -0.39 is 6.36 Å². The summed E-state index contributed by atoms with van der Waals surface area (Å²) in [6, 6.07) is 12.6. The predicted octanol–water partition coefficient (Wildman–Crippen LogP) is 5.06. The van der Waals surface area contributed by atoms with Crippen molar-refractivity contribution < 1.29 is 27.4 Å². The van der Waals surface area contributed by atoms with Crippen molar-refractivity contribution in [2.75, 3.05) is 19.5 Å². The van der Waals surface area contributed by atoms with Crippen molar-refractivity contribution in [2.24, 2.45) is 0 Å².